The quantitative estimate of drug-likeness (QED) is 0.629. The first-order valence-corrected chi connectivity index (χ1v) is 6.62. The lowest BCUT2D eigenvalue weighted by Crippen LogP contribution is -2.30. The van der Waals surface area contributed by atoms with Crippen LogP contribution in [0.2, 0.25) is 0 Å². The predicted octanol–water partition coefficient (Wildman–Crippen LogP) is 0.593. The average Bonchev–Trinajstić information content (AvgIpc) is 3.23. The molecule has 20 heavy (non-hydrogen) atoms. The first kappa shape index (κ1) is 14.3. The molecule has 0 aromatic carbocycles. The van der Waals surface area contributed by atoms with Crippen molar-refractivity contribution in [3.63, 3.8) is 0 Å². The molecule has 6 heteroatoms. The number of ketones is 1. The van der Waals surface area contributed by atoms with Gasteiger partial charge in [0.25, 0.3) is 5.56 Å². The van der Waals surface area contributed by atoms with Crippen LogP contribution in [-0.4, -0.2) is 22.9 Å². The number of aryl methyl sites for hydroxylation is 1. The molecule has 1 atom stereocenters. The average molecular weight is 278 g/mol. The van der Waals surface area contributed by atoms with E-state index in [1.54, 1.807) is 20.0 Å². The van der Waals surface area contributed by atoms with Gasteiger partial charge in [0.2, 0.25) is 0 Å². The zero-order valence-electron chi connectivity index (χ0n) is 11.6. The van der Waals surface area contributed by atoms with E-state index in [1.165, 1.54) is 10.8 Å². The summed E-state index contributed by atoms with van der Waals surface area (Å²) >= 11 is 0. The van der Waals surface area contributed by atoms with Crippen LogP contribution in [0.4, 0.5) is 5.69 Å². The number of nitrogens with two attached hydrogens (primary N) is 1. The van der Waals surface area contributed by atoms with Crippen molar-refractivity contribution < 1.29 is 14.3 Å². The number of carbonyl (C=O) groups excluding carboxylic acids is 2. The molecule has 1 saturated carbocycles. The Morgan fingerprint density at radius 1 is 1.50 bits per heavy atom. The van der Waals surface area contributed by atoms with Crippen molar-refractivity contribution >= 4 is 17.4 Å². The second kappa shape index (κ2) is 5.48. The smallest absolute Gasteiger partial charge is 0.321 e. The number of hydrogen-bond acceptors (Lipinski definition) is 5. The second-order valence-electron chi connectivity index (χ2n) is 4.96. The molecule has 0 saturated heterocycles. The van der Waals surface area contributed by atoms with Gasteiger partial charge in [0, 0.05) is 24.7 Å². The lowest BCUT2D eigenvalue weighted by atomic mass is 9.91. The Balaban J connectivity index is 2.45. The molecule has 1 heterocycles. The number of Topliss-reactive ketones (excluding diaryl/α,β-unsaturated/α-hetero) is 1. The predicted molar refractivity (Wildman–Crippen MR) is 73.2 cm³/mol. The van der Waals surface area contributed by atoms with Crippen LogP contribution in [0.5, 0.6) is 0 Å². The van der Waals surface area contributed by atoms with Gasteiger partial charge in [-0.1, -0.05) is 0 Å². The molecule has 1 aromatic rings. The van der Waals surface area contributed by atoms with Crippen molar-refractivity contribution in [1.29, 1.82) is 0 Å². The molecule has 2 rings (SSSR count). The highest BCUT2D eigenvalue weighted by molar-refractivity contribution is 6.07. The Hall–Kier alpha value is -2.11. The summed E-state index contributed by atoms with van der Waals surface area (Å²) < 4.78 is 6.27. The number of aromatic nitrogens is 1. The molecule has 1 fully saturated rings. The largest absolute Gasteiger partial charge is 0.465 e. The number of nitrogens with zero attached hydrogens (tertiary/aromatic N) is 1. The Morgan fingerprint density at radius 2 is 2.15 bits per heavy atom. The molecule has 1 aliphatic rings. The molecular weight excluding hydrogens is 260 g/mol. The third-order valence-corrected chi connectivity index (χ3v) is 3.44. The molecule has 1 unspecified atom stereocenters. The summed E-state index contributed by atoms with van der Waals surface area (Å²) in [6.45, 7) is 1.85. The highest BCUT2D eigenvalue weighted by Crippen LogP contribution is 2.37. The van der Waals surface area contributed by atoms with Crippen LogP contribution in [0.15, 0.2) is 17.1 Å². The van der Waals surface area contributed by atoms with Crippen molar-refractivity contribution in [2.24, 2.45) is 13.0 Å². The summed E-state index contributed by atoms with van der Waals surface area (Å²) in [5.41, 5.74) is 5.55. The number of nitrogen functional groups attached to an aromatic ring is 1. The maximum atomic E-state index is 12.3. The number of pyridine rings is 1. The lowest BCUT2D eigenvalue weighted by molar-refractivity contribution is -0.148. The van der Waals surface area contributed by atoms with Crippen LogP contribution in [0.1, 0.15) is 31.2 Å². The zero-order valence-corrected chi connectivity index (χ0v) is 11.6. The van der Waals surface area contributed by atoms with Gasteiger partial charge in [0.15, 0.2) is 5.78 Å². The van der Waals surface area contributed by atoms with Crippen LogP contribution in [-0.2, 0) is 21.4 Å². The first-order chi connectivity index (χ1) is 9.47. The molecule has 1 aromatic heterocycles. The number of rotatable bonds is 5. The van der Waals surface area contributed by atoms with E-state index in [0.717, 1.165) is 12.8 Å². The minimum absolute atomic E-state index is 0.0675. The number of anilines is 1. The van der Waals surface area contributed by atoms with Gasteiger partial charge in [-0.25, -0.2) is 0 Å². The number of esters is 1. The van der Waals surface area contributed by atoms with E-state index in [0.29, 0.717) is 0 Å². The molecule has 6 nitrogen and oxygen atoms in total. The first-order valence-electron chi connectivity index (χ1n) is 6.62. The third kappa shape index (κ3) is 2.59. The molecule has 108 valence electrons. The summed E-state index contributed by atoms with van der Waals surface area (Å²) in [4.78, 5) is 36.2. The zero-order chi connectivity index (χ0) is 14.9. The van der Waals surface area contributed by atoms with Gasteiger partial charge < -0.3 is 15.0 Å². The highest BCUT2D eigenvalue weighted by Gasteiger charge is 2.41. The number of carbonyl (C=O) groups is 2. The monoisotopic (exact) mass is 278 g/mol. The van der Waals surface area contributed by atoms with Gasteiger partial charge in [-0.05, 0) is 25.8 Å². The molecule has 2 N–H and O–H groups in total. The van der Waals surface area contributed by atoms with Gasteiger partial charge >= 0.3 is 5.97 Å². The fourth-order valence-electron chi connectivity index (χ4n) is 2.14. The summed E-state index contributed by atoms with van der Waals surface area (Å²) in [6.07, 6.45) is 3.05. The molecule has 0 amide bonds. The van der Waals surface area contributed by atoms with Crippen molar-refractivity contribution in [3.05, 3.63) is 28.2 Å². The van der Waals surface area contributed by atoms with Gasteiger partial charge in [-0.2, -0.15) is 0 Å². The second-order valence-corrected chi connectivity index (χ2v) is 4.96. The van der Waals surface area contributed by atoms with E-state index in [2.05, 4.69) is 0 Å². The van der Waals surface area contributed by atoms with Crippen molar-refractivity contribution in [2.75, 3.05) is 12.3 Å². The van der Waals surface area contributed by atoms with E-state index in [-0.39, 0.29) is 29.6 Å². The molecule has 1 aliphatic carbocycles. The van der Waals surface area contributed by atoms with E-state index in [1.807, 2.05) is 0 Å². The minimum atomic E-state index is -1.09. The van der Waals surface area contributed by atoms with Crippen LogP contribution in [0.3, 0.4) is 0 Å². The van der Waals surface area contributed by atoms with Gasteiger partial charge in [0.1, 0.15) is 11.6 Å². The van der Waals surface area contributed by atoms with Crippen LogP contribution < -0.4 is 11.3 Å². The van der Waals surface area contributed by atoms with Gasteiger partial charge in [-0.15, -0.1) is 0 Å². The number of ether oxygens (including phenoxy) is 1. The number of hydrogen-bond donors (Lipinski definition) is 1. The van der Waals surface area contributed by atoms with E-state index in [4.69, 9.17) is 10.5 Å². The van der Waals surface area contributed by atoms with E-state index < -0.39 is 17.4 Å². The maximum absolute atomic E-state index is 12.3. The van der Waals surface area contributed by atoms with Gasteiger partial charge in [0.05, 0.1) is 6.61 Å². The highest BCUT2D eigenvalue weighted by atomic mass is 16.5. The summed E-state index contributed by atoms with van der Waals surface area (Å²) in [7, 11) is 1.56. The summed E-state index contributed by atoms with van der Waals surface area (Å²) in [5.74, 6) is -2.04. The Bertz CT molecular complexity index is 602. The Morgan fingerprint density at radius 3 is 2.70 bits per heavy atom. The lowest BCUT2D eigenvalue weighted by Gasteiger charge is -2.16. The molecule has 0 aliphatic heterocycles. The Labute approximate surface area is 116 Å². The molecule has 0 bridgehead atoms. The topological polar surface area (TPSA) is 91.4 Å². The van der Waals surface area contributed by atoms with Crippen LogP contribution >= 0.6 is 0 Å². The van der Waals surface area contributed by atoms with Crippen molar-refractivity contribution in [3.8, 4) is 0 Å². The van der Waals surface area contributed by atoms with Crippen molar-refractivity contribution in [1.82, 2.24) is 4.57 Å². The standard InChI is InChI=1S/C14H18N2O4/c1-3-20-14(19)10(12(17)8-4-5-8)9-6-7-16(2)13(18)11(9)15/h6-8,10H,3-5,15H2,1-2H3. The molecule has 0 radical (unpaired) electrons. The van der Waals surface area contributed by atoms with Crippen LogP contribution in [0.25, 0.3) is 0 Å². The van der Waals surface area contributed by atoms with Crippen molar-refractivity contribution in [2.45, 2.75) is 25.7 Å². The normalized spacial score (nSPS) is 15.7. The van der Waals surface area contributed by atoms with E-state index in [9.17, 15) is 14.4 Å². The summed E-state index contributed by atoms with van der Waals surface area (Å²) in [5, 5.41) is 0. The SMILES string of the molecule is CCOC(=O)C(C(=O)C1CC1)c1ccn(C)c(=O)c1N. The third-order valence-electron chi connectivity index (χ3n) is 3.44. The maximum Gasteiger partial charge on any atom is 0.321 e. The fraction of sp³-hybridized carbons (Fsp3) is 0.500. The minimum Gasteiger partial charge on any atom is -0.465 e. The summed E-state index contributed by atoms with van der Waals surface area (Å²) in [6, 6.07) is 1.54. The van der Waals surface area contributed by atoms with Crippen LogP contribution in [0, 0.1) is 5.92 Å². The Kier molecular flexibility index (Phi) is 3.92. The fourth-order valence-corrected chi connectivity index (χ4v) is 2.14. The van der Waals surface area contributed by atoms with Gasteiger partial charge in [-0.3, -0.25) is 14.4 Å². The molecule has 0 spiro atoms. The molecular formula is C14H18N2O4. The van der Waals surface area contributed by atoms with E-state index >= 15 is 0 Å².